The molecule has 2 unspecified atom stereocenters. The van der Waals surface area contributed by atoms with Gasteiger partial charge in [0.05, 0.1) is 19.3 Å². The molecule has 0 bridgehead atoms. The van der Waals surface area contributed by atoms with Crippen molar-refractivity contribution in [2.75, 3.05) is 33.4 Å². The molecule has 0 aliphatic carbocycles. The zero-order valence-corrected chi connectivity index (χ0v) is 12.3. The lowest BCUT2D eigenvalue weighted by Gasteiger charge is -2.50. The molecule has 2 aliphatic heterocycles. The first-order chi connectivity index (χ1) is 9.32. The lowest BCUT2D eigenvalue weighted by Crippen LogP contribution is -2.56. The van der Waals surface area contributed by atoms with Crippen molar-refractivity contribution in [2.45, 2.75) is 31.9 Å². The van der Waals surface area contributed by atoms with E-state index >= 15 is 0 Å². The summed E-state index contributed by atoms with van der Waals surface area (Å²) in [5.74, 6) is 0. The van der Waals surface area contributed by atoms with Crippen molar-refractivity contribution in [3.05, 3.63) is 16.6 Å². The van der Waals surface area contributed by atoms with Gasteiger partial charge in [0.25, 0.3) is 0 Å². The zero-order valence-electron chi connectivity index (χ0n) is 11.5. The Morgan fingerprint density at radius 2 is 2.58 bits per heavy atom. The van der Waals surface area contributed by atoms with E-state index in [4.69, 9.17) is 9.47 Å². The molecule has 1 aromatic heterocycles. The lowest BCUT2D eigenvalue weighted by molar-refractivity contribution is -0.149. The average Bonchev–Trinajstić information content (AvgIpc) is 2.91. The highest BCUT2D eigenvalue weighted by Crippen LogP contribution is 2.40. The third-order valence-corrected chi connectivity index (χ3v) is 5.11. The van der Waals surface area contributed by atoms with E-state index in [1.165, 1.54) is 11.4 Å². The van der Waals surface area contributed by atoms with Crippen molar-refractivity contribution in [2.24, 2.45) is 5.41 Å². The van der Waals surface area contributed by atoms with Crippen LogP contribution in [0, 0.1) is 5.41 Å². The van der Waals surface area contributed by atoms with Crippen LogP contribution in [0.4, 0.5) is 0 Å². The first-order valence-electron chi connectivity index (χ1n) is 7.04. The Kier molecular flexibility index (Phi) is 4.17. The second-order valence-electron chi connectivity index (χ2n) is 5.68. The third-order valence-electron chi connectivity index (χ3n) is 4.34. The highest BCUT2D eigenvalue weighted by molar-refractivity contribution is 7.09. The van der Waals surface area contributed by atoms with Crippen LogP contribution in [0.15, 0.2) is 11.6 Å². The number of nitrogens with zero attached hydrogens (tertiary/aromatic N) is 2. The van der Waals surface area contributed by atoms with E-state index in [1.54, 1.807) is 18.4 Å². The van der Waals surface area contributed by atoms with E-state index in [-0.39, 0.29) is 5.41 Å². The van der Waals surface area contributed by atoms with Gasteiger partial charge in [0.1, 0.15) is 5.01 Å². The maximum absolute atomic E-state index is 6.00. The summed E-state index contributed by atoms with van der Waals surface area (Å²) in [6, 6.07) is 0. The summed E-state index contributed by atoms with van der Waals surface area (Å²) < 4.78 is 11.5. The standard InChI is InChI=1S/C14H22N2O2S/c1-17-11-14-4-2-7-18-12(14)3-6-16(10-14)9-13-15-5-8-19-13/h5,8,12H,2-4,6-7,9-11H2,1H3. The second kappa shape index (κ2) is 5.87. The summed E-state index contributed by atoms with van der Waals surface area (Å²) in [7, 11) is 1.81. The molecule has 2 saturated heterocycles. The maximum Gasteiger partial charge on any atom is 0.107 e. The summed E-state index contributed by atoms with van der Waals surface area (Å²) in [5.41, 5.74) is 0.197. The highest BCUT2D eigenvalue weighted by Gasteiger charge is 2.45. The van der Waals surface area contributed by atoms with Crippen molar-refractivity contribution in [1.29, 1.82) is 0 Å². The number of likely N-dealkylation sites (tertiary alicyclic amines) is 1. The number of hydrogen-bond donors (Lipinski definition) is 0. The number of ether oxygens (including phenoxy) is 2. The molecule has 0 spiro atoms. The van der Waals surface area contributed by atoms with Gasteiger partial charge in [0.2, 0.25) is 0 Å². The molecular formula is C14H22N2O2S. The van der Waals surface area contributed by atoms with Crippen LogP contribution in [0.5, 0.6) is 0 Å². The van der Waals surface area contributed by atoms with Gasteiger partial charge in [-0.05, 0) is 19.3 Å². The van der Waals surface area contributed by atoms with Gasteiger partial charge in [-0.15, -0.1) is 11.3 Å². The molecular weight excluding hydrogens is 260 g/mol. The molecule has 19 heavy (non-hydrogen) atoms. The van der Waals surface area contributed by atoms with Crippen molar-refractivity contribution in [1.82, 2.24) is 9.88 Å². The van der Waals surface area contributed by atoms with Crippen LogP contribution in [-0.4, -0.2) is 49.4 Å². The lowest BCUT2D eigenvalue weighted by atomic mass is 9.73. The summed E-state index contributed by atoms with van der Waals surface area (Å²) in [5, 5.41) is 3.26. The van der Waals surface area contributed by atoms with E-state index in [9.17, 15) is 0 Å². The van der Waals surface area contributed by atoms with Gasteiger partial charge >= 0.3 is 0 Å². The average molecular weight is 282 g/mol. The maximum atomic E-state index is 6.00. The van der Waals surface area contributed by atoms with Crippen LogP contribution in [0.1, 0.15) is 24.3 Å². The molecule has 3 heterocycles. The number of rotatable bonds is 4. The second-order valence-corrected chi connectivity index (χ2v) is 6.66. The van der Waals surface area contributed by atoms with Gasteiger partial charge in [-0.3, -0.25) is 4.90 Å². The fourth-order valence-corrected chi connectivity index (χ4v) is 4.20. The molecule has 0 amide bonds. The molecule has 0 aromatic carbocycles. The summed E-state index contributed by atoms with van der Waals surface area (Å²) in [6.07, 6.45) is 5.77. The Hall–Kier alpha value is -0.490. The van der Waals surface area contributed by atoms with Crippen molar-refractivity contribution in [3.63, 3.8) is 0 Å². The topological polar surface area (TPSA) is 34.6 Å². The molecule has 2 aliphatic rings. The number of hydrogen-bond acceptors (Lipinski definition) is 5. The molecule has 3 rings (SSSR count). The number of aromatic nitrogens is 1. The first kappa shape index (κ1) is 13.5. The smallest absolute Gasteiger partial charge is 0.107 e. The fourth-order valence-electron chi connectivity index (χ4n) is 3.54. The largest absolute Gasteiger partial charge is 0.384 e. The number of methoxy groups -OCH3 is 1. The summed E-state index contributed by atoms with van der Waals surface area (Å²) >= 11 is 1.74. The normalized spacial score (nSPS) is 32.2. The van der Waals surface area contributed by atoms with Crippen LogP contribution in [0.3, 0.4) is 0 Å². The number of thiazole rings is 1. The quantitative estimate of drug-likeness (QED) is 0.847. The molecule has 2 fully saturated rings. The highest BCUT2D eigenvalue weighted by atomic mass is 32.1. The number of piperidine rings is 1. The Bertz CT molecular complexity index is 394. The van der Waals surface area contributed by atoms with E-state index < -0.39 is 0 Å². The number of fused-ring (bicyclic) bond motifs is 1. The van der Waals surface area contributed by atoms with Crippen LogP contribution in [0.25, 0.3) is 0 Å². The predicted octanol–water partition coefficient (Wildman–Crippen LogP) is 2.16. The minimum atomic E-state index is 0.197. The van der Waals surface area contributed by atoms with Crippen LogP contribution in [0.2, 0.25) is 0 Å². The van der Waals surface area contributed by atoms with E-state index in [1.807, 2.05) is 6.20 Å². The van der Waals surface area contributed by atoms with Gasteiger partial charge in [-0.2, -0.15) is 0 Å². The molecule has 0 radical (unpaired) electrons. The van der Waals surface area contributed by atoms with Gasteiger partial charge in [-0.25, -0.2) is 4.98 Å². The summed E-state index contributed by atoms with van der Waals surface area (Å²) in [4.78, 5) is 6.91. The van der Waals surface area contributed by atoms with Crippen molar-refractivity contribution >= 4 is 11.3 Å². The van der Waals surface area contributed by atoms with E-state index in [0.29, 0.717) is 6.10 Å². The minimum absolute atomic E-state index is 0.197. The van der Waals surface area contributed by atoms with E-state index in [2.05, 4.69) is 15.3 Å². The zero-order chi connectivity index (χ0) is 13.1. The molecule has 5 heteroatoms. The predicted molar refractivity (Wildman–Crippen MR) is 75.3 cm³/mol. The monoisotopic (exact) mass is 282 g/mol. The van der Waals surface area contributed by atoms with Crippen LogP contribution < -0.4 is 0 Å². The van der Waals surface area contributed by atoms with Gasteiger partial charge in [0.15, 0.2) is 0 Å². The molecule has 0 saturated carbocycles. The van der Waals surface area contributed by atoms with Crippen molar-refractivity contribution in [3.8, 4) is 0 Å². The summed E-state index contributed by atoms with van der Waals surface area (Å²) in [6.45, 7) is 4.88. The first-order valence-corrected chi connectivity index (χ1v) is 7.92. The fraction of sp³-hybridized carbons (Fsp3) is 0.786. The van der Waals surface area contributed by atoms with E-state index in [0.717, 1.165) is 45.7 Å². The van der Waals surface area contributed by atoms with Gasteiger partial charge in [0, 0.05) is 43.8 Å². The Balaban J connectivity index is 1.69. The van der Waals surface area contributed by atoms with Crippen LogP contribution in [-0.2, 0) is 16.0 Å². The molecule has 4 nitrogen and oxygen atoms in total. The van der Waals surface area contributed by atoms with Crippen molar-refractivity contribution < 1.29 is 9.47 Å². The Labute approximate surface area is 118 Å². The van der Waals surface area contributed by atoms with Gasteiger partial charge in [-0.1, -0.05) is 0 Å². The molecule has 0 N–H and O–H groups in total. The molecule has 2 atom stereocenters. The SMILES string of the molecule is COCC12CCCOC1CCN(Cc1nccs1)C2. The molecule has 1 aromatic rings. The van der Waals surface area contributed by atoms with Crippen LogP contribution >= 0.6 is 11.3 Å². The Morgan fingerprint density at radius 1 is 1.63 bits per heavy atom. The minimum Gasteiger partial charge on any atom is -0.384 e. The van der Waals surface area contributed by atoms with Gasteiger partial charge < -0.3 is 9.47 Å². The molecule has 106 valence electrons. The third kappa shape index (κ3) is 2.84. The Morgan fingerprint density at radius 3 is 3.37 bits per heavy atom.